The molecule has 11 heteroatoms. The van der Waals surface area contributed by atoms with Gasteiger partial charge in [0.15, 0.2) is 0 Å². The summed E-state index contributed by atoms with van der Waals surface area (Å²) in [5.74, 6) is 0. The van der Waals surface area contributed by atoms with Crippen LogP contribution in [0.1, 0.15) is 0 Å². The first kappa shape index (κ1) is 29.4. The van der Waals surface area contributed by atoms with Crippen molar-refractivity contribution < 1.29 is 127 Å². The summed E-state index contributed by atoms with van der Waals surface area (Å²) in [6, 6.07) is 0. The topological polar surface area (TPSA) is 120 Å². The van der Waals surface area contributed by atoms with E-state index in [4.69, 9.17) is 19.5 Å². The van der Waals surface area contributed by atoms with E-state index in [0.29, 0.717) is 0 Å². The summed E-state index contributed by atoms with van der Waals surface area (Å²) in [5.41, 5.74) is 0. The van der Waals surface area contributed by atoms with Gasteiger partial charge in [-0.25, -0.2) is 0 Å². The normalized spacial score (nSPS) is 4.64. The maximum absolute atomic E-state index is 8.62. The molecule has 0 saturated heterocycles. The van der Waals surface area contributed by atoms with Crippen molar-refractivity contribution in [1.82, 2.24) is 0 Å². The summed E-state index contributed by atoms with van der Waals surface area (Å²) in [7, 11) is 0. The van der Waals surface area contributed by atoms with Crippen molar-refractivity contribution in [3.63, 3.8) is 0 Å². The molecule has 6 nitrogen and oxygen atoms in total. The van der Waals surface area contributed by atoms with E-state index < -0.39 is 40.8 Å². The molecule has 0 aromatic carbocycles. The molecule has 0 spiro atoms. The molecule has 0 aromatic rings. The standard InChI is InChI=1S/Bi.3Na.6O.Ti/q;3*+1;;;;3*-1;. The van der Waals surface area contributed by atoms with E-state index in [1.165, 1.54) is 0 Å². The first-order chi connectivity index (χ1) is 3.46. The zero-order valence-electron chi connectivity index (χ0n) is 6.40. The molecule has 48 valence electrons. The maximum atomic E-state index is 8.62. The van der Waals surface area contributed by atoms with Crippen LogP contribution in [-0.2, 0) is 27.6 Å². The molecule has 0 rings (SSSR count). The predicted molar refractivity (Wildman–Crippen MR) is 7.81 cm³/mol. The zero-order valence-corrected chi connectivity index (χ0v) is 17.4. The van der Waals surface area contributed by atoms with Crippen molar-refractivity contribution in [2.45, 2.75) is 0 Å². The first-order valence-corrected chi connectivity index (χ1v) is 7.33. The van der Waals surface area contributed by atoms with E-state index in [9.17, 15) is 0 Å². The van der Waals surface area contributed by atoms with Crippen molar-refractivity contribution in [3.05, 3.63) is 0 Å². The van der Waals surface area contributed by atoms with Crippen LogP contribution in [0.3, 0.4) is 0 Å². The van der Waals surface area contributed by atoms with Crippen LogP contribution in [0.2, 0.25) is 0 Å². The zero-order chi connectivity index (χ0) is 7.15. The van der Waals surface area contributed by atoms with Gasteiger partial charge < -0.3 is 0 Å². The van der Waals surface area contributed by atoms with Gasteiger partial charge in [0.05, 0.1) is 0 Å². The van der Waals surface area contributed by atoms with Crippen LogP contribution >= 0.6 is 0 Å². The van der Waals surface area contributed by atoms with Crippen molar-refractivity contribution >= 4 is 22.2 Å². The third kappa shape index (κ3) is 130. The van der Waals surface area contributed by atoms with Crippen LogP contribution in [0.15, 0.2) is 0 Å². The Kier molecular flexibility index (Phi) is 63.0. The molecule has 0 fully saturated rings. The fourth-order valence-electron chi connectivity index (χ4n) is 0. The third-order valence-corrected chi connectivity index (χ3v) is 0. The minimum atomic E-state index is -4.34. The molecule has 0 amide bonds. The van der Waals surface area contributed by atoms with Gasteiger partial charge in [-0.15, -0.1) is 0 Å². The molecular formula is BiNa3O6Ti. The SMILES string of the molecule is [Na+].[Na+].[Na+].[O]=[Bi](=[O])[O-].[O]=[Ti]([O-])[O-]. The summed E-state index contributed by atoms with van der Waals surface area (Å²) in [4.78, 5) is 0. The summed E-state index contributed by atoms with van der Waals surface area (Å²) >= 11 is -8.43. The van der Waals surface area contributed by atoms with Gasteiger partial charge in [-0.1, -0.05) is 0 Å². The van der Waals surface area contributed by atoms with E-state index in [-0.39, 0.29) is 88.7 Å². The van der Waals surface area contributed by atoms with E-state index >= 15 is 0 Å². The van der Waals surface area contributed by atoms with Crippen molar-refractivity contribution in [2.24, 2.45) is 0 Å². The molecule has 11 heavy (non-hydrogen) atoms. The molecule has 0 unspecified atom stereocenters. The van der Waals surface area contributed by atoms with Gasteiger partial charge in [-0.2, -0.15) is 0 Å². The Hall–Kier alpha value is 3.88. The Bertz CT molecular complexity index is 120. The molecule has 0 N–H and O–H groups in total. The molecule has 0 aromatic heterocycles. The summed E-state index contributed by atoms with van der Waals surface area (Å²) in [5, 5.41) is 0. The van der Waals surface area contributed by atoms with Crippen LogP contribution < -0.4 is 99.2 Å². The number of rotatable bonds is 0. The summed E-state index contributed by atoms with van der Waals surface area (Å²) in [6.45, 7) is 0. The van der Waals surface area contributed by atoms with Crippen LogP contribution in [0, 0.1) is 0 Å². The Labute approximate surface area is 145 Å². The van der Waals surface area contributed by atoms with E-state index in [1.807, 2.05) is 0 Å². The van der Waals surface area contributed by atoms with Crippen molar-refractivity contribution in [1.29, 1.82) is 0 Å². The Morgan fingerprint density at radius 2 is 1.00 bits per heavy atom. The minimum absolute atomic E-state index is 0. The first-order valence-electron chi connectivity index (χ1n) is 1.16. The molecule has 0 bridgehead atoms. The molecular weight excluding hydrogens is 422 g/mol. The van der Waals surface area contributed by atoms with Crippen molar-refractivity contribution in [3.8, 4) is 0 Å². The van der Waals surface area contributed by atoms with Crippen molar-refractivity contribution in [2.75, 3.05) is 0 Å². The molecule has 0 heterocycles. The second kappa shape index (κ2) is 23.6. The van der Waals surface area contributed by atoms with Crippen LogP contribution in [0.25, 0.3) is 0 Å². The molecule has 0 aliphatic rings. The molecule has 0 aliphatic carbocycles. The molecule has 0 radical (unpaired) electrons. The van der Waals surface area contributed by atoms with Gasteiger partial charge in [0, 0.05) is 0 Å². The van der Waals surface area contributed by atoms with Crippen LogP contribution in [0.4, 0.5) is 0 Å². The van der Waals surface area contributed by atoms with E-state index in [1.54, 1.807) is 0 Å². The Balaban J connectivity index is -0.0000000171. The number of hydrogen-bond donors (Lipinski definition) is 0. The molecule has 0 atom stereocenters. The van der Waals surface area contributed by atoms with Gasteiger partial charge >= 0.3 is 149 Å². The van der Waals surface area contributed by atoms with Crippen LogP contribution in [0.5, 0.6) is 0 Å². The van der Waals surface area contributed by atoms with Gasteiger partial charge in [-0.3, -0.25) is 0 Å². The average Bonchev–Trinajstić information content (AvgIpc) is 1.25. The fraction of sp³-hybridized carbons (Fsp3) is 0. The summed E-state index contributed by atoms with van der Waals surface area (Å²) in [6.07, 6.45) is 0. The third-order valence-electron chi connectivity index (χ3n) is 0. The Morgan fingerprint density at radius 1 is 1.00 bits per heavy atom. The average molecular weight is 422 g/mol. The van der Waals surface area contributed by atoms with Gasteiger partial charge in [0.25, 0.3) is 0 Å². The van der Waals surface area contributed by atoms with E-state index in [0.717, 1.165) is 0 Å². The molecule has 0 aliphatic heterocycles. The quantitative estimate of drug-likeness (QED) is 0.358. The predicted octanol–water partition coefficient (Wildman–Crippen LogP) is -13.3. The fourth-order valence-corrected chi connectivity index (χ4v) is 0. The number of hydrogen-bond acceptors (Lipinski definition) is 6. The monoisotopic (exact) mass is 422 g/mol. The second-order valence-electron chi connectivity index (χ2n) is 0.474. The van der Waals surface area contributed by atoms with E-state index in [2.05, 4.69) is 0 Å². The Morgan fingerprint density at radius 3 is 1.00 bits per heavy atom. The summed E-state index contributed by atoms with van der Waals surface area (Å²) < 4.78 is 51.6. The van der Waals surface area contributed by atoms with Crippen LogP contribution in [-0.4, -0.2) is 22.2 Å². The molecule has 0 saturated carbocycles. The second-order valence-corrected chi connectivity index (χ2v) is 2.99. The van der Waals surface area contributed by atoms with Gasteiger partial charge in [0.1, 0.15) is 0 Å². The van der Waals surface area contributed by atoms with Gasteiger partial charge in [0.2, 0.25) is 0 Å². The van der Waals surface area contributed by atoms with Gasteiger partial charge in [-0.05, 0) is 0 Å².